The molecule has 0 aliphatic heterocycles. The van der Waals surface area contributed by atoms with Gasteiger partial charge in [0.2, 0.25) is 0 Å². The average molecular weight is 209 g/mol. The first kappa shape index (κ1) is 11.9. The van der Waals surface area contributed by atoms with E-state index in [0.717, 1.165) is 12.2 Å². The van der Waals surface area contributed by atoms with E-state index in [4.69, 9.17) is 0 Å². The van der Waals surface area contributed by atoms with Crippen molar-refractivity contribution in [3.05, 3.63) is 11.9 Å². The largest absolute Gasteiger partial charge is 0.299 e. The highest BCUT2D eigenvalue weighted by atomic mass is 16.1. The maximum Gasteiger partial charge on any atom is 0.141 e. The number of carbonyl (C=O) groups excluding carboxylic acids is 1. The standard InChI is InChI=1S/C11H19N3O/c1-8(2)7-14-10(6-12-13-14)5-11(15)9(3)4/h6,8-9H,5,7H2,1-4H3. The van der Waals surface area contributed by atoms with Gasteiger partial charge in [-0.3, -0.25) is 4.79 Å². The highest BCUT2D eigenvalue weighted by molar-refractivity contribution is 5.82. The van der Waals surface area contributed by atoms with E-state index in [0.29, 0.717) is 12.3 Å². The van der Waals surface area contributed by atoms with E-state index in [-0.39, 0.29) is 11.7 Å². The molecule has 0 fully saturated rings. The zero-order valence-corrected chi connectivity index (χ0v) is 9.90. The second-order valence-corrected chi connectivity index (χ2v) is 4.60. The fraction of sp³-hybridized carbons (Fsp3) is 0.727. The highest BCUT2D eigenvalue weighted by Gasteiger charge is 2.12. The molecular weight excluding hydrogens is 190 g/mol. The van der Waals surface area contributed by atoms with E-state index in [9.17, 15) is 4.79 Å². The molecule has 0 bridgehead atoms. The van der Waals surface area contributed by atoms with Crippen LogP contribution >= 0.6 is 0 Å². The Hall–Kier alpha value is -1.19. The van der Waals surface area contributed by atoms with Crippen molar-refractivity contribution in [3.8, 4) is 0 Å². The van der Waals surface area contributed by atoms with Crippen LogP contribution in [0.15, 0.2) is 6.20 Å². The zero-order valence-electron chi connectivity index (χ0n) is 9.90. The Morgan fingerprint density at radius 1 is 1.40 bits per heavy atom. The first-order valence-corrected chi connectivity index (χ1v) is 5.40. The molecule has 0 unspecified atom stereocenters. The summed E-state index contributed by atoms with van der Waals surface area (Å²) in [6, 6.07) is 0. The lowest BCUT2D eigenvalue weighted by Gasteiger charge is -2.08. The molecular formula is C11H19N3O. The maximum atomic E-state index is 11.6. The number of hydrogen-bond donors (Lipinski definition) is 0. The van der Waals surface area contributed by atoms with Gasteiger partial charge in [-0.15, -0.1) is 5.10 Å². The van der Waals surface area contributed by atoms with Crippen LogP contribution < -0.4 is 0 Å². The van der Waals surface area contributed by atoms with E-state index in [2.05, 4.69) is 24.2 Å². The summed E-state index contributed by atoms with van der Waals surface area (Å²) in [7, 11) is 0. The Bertz CT molecular complexity index is 328. The minimum atomic E-state index is 0.0763. The van der Waals surface area contributed by atoms with E-state index >= 15 is 0 Å². The molecule has 4 nitrogen and oxygen atoms in total. The van der Waals surface area contributed by atoms with Crippen LogP contribution in [0, 0.1) is 11.8 Å². The summed E-state index contributed by atoms with van der Waals surface area (Å²) in [5.41, 5.74) is 0.919. The van der Waals surface area contributed by atoms with Crippen LogP contribution in [0.25, 0.3) is 0 Å². The third kappa shape index (κ3) is 3.46. The third-order valence-electron chi connectivity index (χ3n) is 2.24. The van der Waals surface area contributed by atoms with Crippen molar-refractivity contribution in [1.82, 2.24) is 15.0 Å². The number of carbonyl (C=O) groups is 1. The predicted octanol–water partition coefficient (Wildman–Crippen LogP) is 1.70. The molecule has 0 aromatic carbocycles. The molecule has 1 aromatic rings. The molecule has 0 amide bonds. The average Bonchev–Trinajstić information content (AvgIpc) is 2.51. The number of Topliss-reactive ketones (excluding diaryl/α,β-unsaturated/α-hetero) is 1. The van der Waals surface area contributed by atoms with Gasteiger partial charge in [-0.1, -0.05) is 32.9 Å². The van der Waals surface area contributed by atoms with Crippen molar-refractivity contribution in [1.29, 1.82) is 0 Å². The molecule has 1 aromatic heterocycles. The smallest absolute Gasteiger partial charge is 0.141 e. The Morgan fingerprint density at radius 2 is 2.07 bits per heavy atom. The van der Waals surface area contributed by atoms with Gasteiger partial charge in [-0.2, -0.15) is 0 Å². The summed E-state index contributed by atoms with van der Waals surface area (Å²) in [6.07, 6.45) is 2.13. The summed E-state index contributed by atoms with van der Waals surface area (Å²) in [4.78, 5) is 11.6. The van der Waals surface area contributed by atoms with Crippen molar-refractivity contribution in [3.63, 3.8) is 0 Å². The van der Waals surface area contributed by atoms with Crippen LogP contribution in [-0.2, 0) is 17.8 Å². The molecule has 1 rings (SSSR count). The van der Waals surface area contributed by atoms with Gasteiger partial charge >= 0.3 is 0 Å². The van der Waals surface area contributed by atoms with Gasteiger partial charge in [0, 0.05) is 12.5 Å². The molecule has 4 heteroatoms. The van der Waals surface area contributed by atoms with E-state index < -0.39 is 0 Å². The van der Waals surface area contributed by atoms with Crippen molar-refractivity contribution >= 4 is 5.78 Å². The SMILES string of the molecule is CC(C)Cn1nncc1CC(=O)C(C)C. The number of hydrogen-bond acceptors (Lipinski definition) is 3. The van der Waals surface area contributed by atoms with Crippen LogP contribution in [0.5, 0.6) is 0 Å². The second-order valence-electron chi connectivity index (χ2n) is 4.60. The van der Waals surface area contributed by atoms with Gasteiger partial charge in [-0.05, 0) is 5.92 Å². The molecule has 0 spiro atoms. The molecule has 0 saturated carbocycles. The Kier molecular flexibility index (Phi) is 4.00. The predicted molar refractivity (Wildman–Crippen MR) is 58.4 cm³/mol. The fourth-order valence-corrected chi connectivity index (χ4v) is 1.30. The first-order valence-electron chi connectivity index (χ1n) is 5.40. The van der Waals surface area contributed by atoms with Crippen molar-refractivity contribution in [2.75, 3.05) is 0 Å². The number of nitrogens with zero attached hydrogens (tertiary/aromatic N) is 3. The van der Waals surface area contributed by atoms with E-state index in [1.807, 2.05) is 18.5 Å². The lowest BCUT2D eigenvalue weighted by molar-refractivity contribution is -0.121. The van der Waals surface area contributed by atoms with Gasteiger partial charge < -0.3 is 0 Å². The van der Waals surface area contributed by atoms with Crippen molar-refractivity contribution < 1.29 is 4.79 Å². The summed E-state index contributed by atoms with van der Waals surface area (Å²) in [5.74, 6) is 0.828. The topological polar surface area (TPSA) is 47.8 Å². The van der Waals surface area contributed by atoms with E-state index in [1.165, 1.54) is 0 Å². The van der Waals surface area contributed by atoms with Crippen molar-refractivity contribution in [2.45, 2.75) is 40.7 Å². The number of aromatic nitrogens is 3. The maximum absolute atomic E-state index is 11.6. The fourth-order valence-electron chi connectivity index (χ4n) is 1.30. The van der Waals surface area contributed by atoms with Crippen LogP contribution in [0.3, 0.4) is 0 Å². The monoisotopic (exact) mass is 209 g/mol. The van der Waals surface area contributed by atoms with Crippen LogP contribution in [0.2, 0.25) is 0 Å². The van der Waals surface area contributed by atoms with Crippen LogP contribution in [0.1, 0.15) is 33.4 Å². The Balaban J connectivity index is 2.69. The molecule has 0 saturated heterocycles. The molecule has 0 radical (unpaired) electrons. The summed E-state index contributed by atoms with van der Waals surface area (Å²) >= 11 is 0. The molecule has 0 N–H and O–H groups in total. The zero-order chi connectivity index (χ0) is 11.4. The lowest BCUT2D eigenvalue weighted by atomic mass is 10.0. The Labute approximate surface area is 90.7 Å². The van der Waals surface area contributed by atoms with E-state index in [1.54, 1.807) is 6.20 Å². The highest BCUT2D eigenvalue weighted by Crippen LogP contribution is 2.06. The minimum absolute atomic E-state index is 0.0763. The summed E-state index contributed by atoms with van der Waals surface area (Å²) in [6.45, 7) is 8.89. The molecule has 0 aliphatic carbocycles. The van der Waals surface area contributed by atoms with Gasteiger partial charge in [-0.25, -0.2) is 4.68 Å². The van der Waals surface area contributed by atoms with Crippen LogP contribution in [0.4, 0.5) is 0 Å². The van der Waals surface area contributed by atoms with Gasteiger partial charge in [0.05, 0.1) is 18.3 Å². The summed E-state index contributed by atoms with van der Waals surface area (Å²) < 4.78 is 1.82. The molecule has 0 atom stereocenters. The van der Waals surface area contributed by atoms with Gasteiger partial charge in [0.15, 0.2) is 0 Å². The lowest BCUT2D eigenvalue weighted by Crippen LogP contribution is -2.16. The third-order valence-corrected chi connectivity index (χ3v) is 2.24. The van der Waals surface area contributed by atoms with Gasteiger partial charge in [0.1, 0.15) is 5.78 Å². The number of ketones is 1. The minimum Gasteiger partial charge on any atom is -0.299 e. The second kappa shape index (κ2) is 5.05. The molecule has 1 heterocycles. The van der Waals surface area contributed by atoms with Gasteiger partial charge in [0.25, 0.3) is 0 Å². The quantitative estimate of drug-likeness (QED) is 0.741. The normalized spacial score (nSPS) is 11.3. The molecule has 0 aliphatic rings. The molecule has 15 heavy (non-hydrogen) atoms. The number of rotatable bonds is 5. The van der Waals surface area contributed by atoms with Crippen LogP contribution in [-0.4, -0.2) is 20.8 Å². The first-order chi connectivity index (χ1) is 7.00. The van der Waals surface area contributed by atoms with Crippen molar-refractivity contribution in [2.24, 2.45) is 11.8 Å². The molecule has 84 valence electrons. The summed E-state index contributed by atoms with van der Waals surface area (Å²) in [5, 5.41) is 7.83. The Morgan fingerprint density at radius 3 is 2.60 bits per heavy atom.